The number of hydrogen-bond donors (Lipinski definition) is 4. The summed E-state index contributed by atoms with van der Waals surface area (Å²) in [4.78, 5) is 2.11. The molecule has 0 saturated carbocycles. The minimum Gasteiger partial charge on any atom is -0.361 e. The molecule has 21 heavy (non-hydrogen) atoms. The number of nitrogens with one attached hydrogen (secondary N) is 4. The van der Waals surface area contributed by atoms with Crippen LogP contribution in [0.25, 0.3) is 0 Å². The van der Waals surface area contributed by atoms with E-state index in [2.05, 4.69) is 26.4 Å². The van der Waals surface area contributed by atoms with E-state index in [1.807, 2.05) is 14.1 Å². The number of nitrogens with zero attached hydrogens (tertiary/aromatic N) is 1. The average Bonchev–Trinajstić information content (AvgIpc) is 2.44. The van der Waals surface area contributed by atoms with Crippen LogP contribution in [0.4, 0.5) is 10.1 Å². The standard InChI is InChI=1S/C13H20FN5S2/c1-19(2)9-3-8-15-12(20)17-18-13(21)16-11-6-4-10(14)5-7-11/h4-7H,3,8-9H2,1-2H3,(H2,15,17,20)(H2,16,18,21). The lowest BCUT2D eigenvalue weighted by Gasteiger charge is -2.15. The van der Waals surface area contributed by atoms with Crippen molar-refractivity contribution in [1.82, 2.24) is 21.1 Å². The first kappa shape index (κ1) is 17.5. The van der Waals surface area contributed by atoms with E-state index in [0.29, 0.717) is 15.9 Å². The van der Waals surface area contributed by atoms with E-state index >= 15 is 0 Å². The Morgan fingerprint density at radius 2 is 1.71 bits per heavy atom. The van der Waals surface area contributed by atoms with Gasteiger partial charge in [0.25, 0.3) is 0 Å². The third-order valence-electron chi connectivity index (χ3n) is 2.46. The molecule has 0 spiro atoms. The molecule has 0 fully saturated rings. The molecule has 0 amide bonds. The van der Waals surface area contributed by atoms with Crippen molar-refractivity contribution >= 4 is 40.3 Å². The Kier molecular flexibility index (Phi) is 7.88. The summed E-state index contributed by atoms with van der Waals surface area (Å²) < 4.78 is 12.8. The topological polar surface area (TPSA) is 51.4 Å². The predicted molar refractivity (Wildman–Crippen MR) is 92.7 cm³/mol. The Bertz CT molecular complexity index is 464. The number of halogens is 1. The fourth-order valence-electron chi connectivity index (χ4n) is 1.45. The van der Waals surface area contributed by atoms with Crippen LogP contribution in [0.5, 0.6) is 0 Å². The van der Waals surface area contributed by atoms with Gasteiger partial charge >= 0.3 is 0 Å². The van der Waals surface area contributed by atoms with Crippen LogP contribution in [0.2, 0.25) is 0 Å². The average molecular weight is 329 g/mol. The van der Waals surface area contributed by atoms with E-state index in [1.54, 1.807) is 12.1 Å². The third kappa shape index (κ3) is 8.38. The van der Waals surface area contributed by atoms with Crippen LogP contribution in [-0.4, -0.2) is 42.3 Å². The molecular weight excluding hydrogens is 309 g/mol. The summed E-state index contributed by atoms with van der Waals surface area (Å²) in [6, 6.07) is 5.91. The van der Waals surface area contributed by atoms with Crippen molar-refractivity contribution in [2.75, 3.05) is 32.5 Å². The molecule has 0 saturated heterocycles. The molecule has 1 aromatic carbocycles. The second-order valence-corrected chi connectivity index (χ2v) is 5.44. The summed E-state index contributed by atoms with van der Waals surface area (Å²) >= 11 is 10.2. The van der Waals surface area contributed by atoms with Gasteiger partial charge in [-0.25, -0.2) is 4.39 Å². The molecule has 116 valence electrons. The van der Waals surface area contributed by atoms with Crippen molar-refractivity contribution in [3.8, 4) is 0 Å². The Morgan fingerprint density at radius 1 is 1.10 bits per heavy atom. The van der Waals surface area contributed by atoms with Gasteiger partial charge in [-0.1, -0.05) is 0 Å². The highest BCUT2D eigenvalue weighted by atomic mass is 32.1. The smallest absolute Gasteiger partial charge is 0.189 e. The van der Waals surface area contributed by atoms with Gasteiger partial charge in [-0.05, 0) is 75.8 Å². The highest BCUT2D eigenvalue weighted by Crippen LogP contribution is 2.07. The van der Waals surface area contributed by atoms with E-state index in [4.69, 9.17) is 24.4 Å². The van der Waals surface area contributed by atoms with E-state index in [-0.39, 0.29) is 5.82 Å². The van der Waals surface area contributed by atoms with Gasteiger partial charge < -0.3 is 15.5 Å². The minimum absolute atomic E-state index is 0.291. The summed E-state index contributed by atoms with van der Waals surface area (Å²) in [5.74, 6) is -0.291. The molecule has 0 aromatic heterocycles. The number of hydrazine groups is 1. The first-order valence-corrected chi connectivity index (χ1v) is 7.30. The Morgan fingerprint density at radius 3 is 2.33 bits per heavy atom. The molecule has 0 aliphatic heterocycles. The zero-order chi connectivity index (χ0) is 15.7. The van der Waals surface area contributed by atoms with Crippen LogP contribution in [0.15, 0.2) is 24.3 Å². The quantitative estimate of drug-likeness (QED) is 0.370. The molecule has 0 atom stereocenters. The molecular formula is C13H20FN5S2. The van der Waals surface area contributed by atoms with Crippen LogP contribution in [-0.2, 0) is 0 Å². The largest absolute Gasteiger partial charge is 0.361 e. The summed E-state index contributed by atoms with van der Waals surface area (Å²) in [5, 5.41) is 6.78. The summed E-state index contributed by atoms with van der Waals surface area (Å²) in [6.07, 6.45) is 0.993. The van der Waals surface area contributed by atoms with Crippen molar-refractivity contribution in [3.63, 3.8) is 0 Å². The highest BCUT2D eigenvalue weighted by Gasteiger charge is 1.99. The van der Waals surface area contributed by atoms with E-state index in [0.717, 1.165) is 19.5 Å². The summed E-state index contributed by atoms with van der Waals surface area (Å²) in [5.41, 5.74) is 6.23. The molecule has 0 radical (unpaired) electrons. The predicted octanol–water partition coefficient (Wildman–Crippen LogP) is 1.44. The van der Waals surface area contributed by atoms with Gasteiger partial charge in [0, 0.05) is 12.2 Å². The van der Waals surface area contributed by atoms with Crippen LogP contribution in [0.1, 0.15) is 6.42 Å². The second kappa shape index (κ2) is 9.43. The normalized spacial score (nSPS) is 10.1. The molecule has 0 heterocycles. The number of anilines is 1. The van der Waals surface area contributed by atoms with E-state index < -0.39 is 0 Å². The van der Waals surface area contributed by atoms with Crippen molar-refractivity contribution in [1.29, 1.82) is 0 Å². The molecule has 8 heteroatoms. The van der Waals surface area contributed by atoms with Gasteiger partial charge in [0.05, 0.1) is 0 Å². The van der Waals surface area contributed by atoms with Crippen molar-refractivity contribution in [2.24, 2.45) is 0 Å². The van der Waals surface area contributed by atoms with Gasteiger partial charge in [0.2, 0.25) is 0 Å². The van der Waals surface area contributed by atoms with Gasteiger partial charge in [0.15, 0.2) is 10.2 Å². The lowest BCUT2D eigenvalue weighted by molar-refractivity contribution is 0.400. The van der Waals surface area contributed by atoms with Gasteiger partial charge in [-0.3, -0.25) is 10.9 Å². The minimum atomic E-state index is -0.291. The lowest BCUT2D eigenvalue weighted by Crippen LogP contribution is -2.48. The molecule has 1 rings (SSSR count). The molecule has 5 nitrogen and oxygen atoms in total. The first-order valence-electron chi connectivity index (χ1n) is 6.48. The van der Waals surface area contributed by atoms with Gasteiger partial charge in [-0.15, -0.1) is 0 Å². The zero-order valence-electron chi connectivity index (χ0n) is 12.1. The second-order valence-electron chi connectivity index (χ2n) is 4.62. The SMILES string of the molecule is CN(C)CCCNC(=S)NNC(=S)Nc1ccc(F)cc1. The Hall–Kier alpha value is -1.51. The van der Waals surface area contributed by atoms with Gasteiger partial charge in [-0.2, -0.15) is 0 Å². The Balaban J connectivity index is 2.17. The maximum absolute atomic E-state index is 12.8. The first-order chi connectivity index (χ1) is 9.97. The van der Waals surface area contributed by atoms with Gasteiger partial charge in [0.1, 0.15) is 5.82 Å². The molecule has 0 unspecified atom stereocenters. The van der Waals surface area contributed by atoms with Crippen molar-refractivity contribution in [3.05, 3.63) is 30.1 Å². The number of benzene rings is 1. The van der Waals surface area contributed by atoms with Crippen LogP contribution in [0, 0.1) is 5.82 Å². The van der Waals surface area contributed by atoms with Crippen molar-refractivity contribution < 1.29 is 4.39 Å². The molecule has 0 aliphatic rings. The van der Waals surface area contributed by atoms with E-state index in [9.17, 15) is 4.39 Å². The molecule has 0 bridgehead atoms. The highest BCUT2D eigenvalue weighted by molar-refractivity contribution is 7.80. The van der Waals surface area contributed by atoms with Crippen LogP contribution >= 0.6 is 24.4 Å². The van der Waals surface area contributed by atoms with E-state index in [1.165, 1.54) is 12.1 Å². The summed E-state index contributed by atoms with van der Waals surface area (Å²) in [7, 11) is 4.05. The number of thiocarbonyl (C=S) groups is 2. The fraction of sp³-hybridized carbons (Fsp3) is 0.385. The molecule has 0 aliphatic carbocycles. The number of hydrogen-bond acceptors (Lipinski definition) is 3. The maximum Gasteiger partial charge on any atom is 0.189 e. The number of rotatable bonds is 5. The van der Waals surface area contributed by atoms with Crippen LogP contribution < -0.4 is 21.5 Å². The van der Waals surface area contributed by atoms with Crippen LogP contribution in [0.3, 0.4) is 0 Å². The fourth-order valence-corrected chi connectivity index (χ4v) is 1.77. The summed E-state index contributed by atoms with van der Waals surface area (Å²) in [6.45, 7) is 1.78. The van der Waals surface area contributed by atoms with Crippen molar-refractivity contribution in [2.45, 2.75) is 6.42 Å². The Labute approximate surface area is 135 Å². The zero-order valence-corrected chi connectivity index (χ0v) is 13.7. The molecule has 4 N–H and O–H groups in total. The maximum atomic E-state index is 12.8. The monoisotopic (exact) mass is 329 g/mol. The lowest BCUT2D eigenvalue weighted by atomic mass is 10.3. The molecule has 1 aromatic rings. The third-order valence-corrected chi connectivity index (χ3v) is 2.91.